The van der Waals surface area contributed by atoms with Crippen LogP contribution in [-0.4, -0.2) is 40.4 Å². The summed E-state index contributed by atoms with van der Waals surface area (Å²) >= 11 is 0.778. The van der Waals surface area contributed by atoms with Gasteiger partial charge in [0.05, 0.1) is 12.2 Å². The van der Waals surface area contributed by atoms with Gasteiger partial charge in [-0.1, -0.05) is 5.16 Å². The highest BCUT2D eigenvalue weighted by molar-refractivity contribution is 7.89. The molecule has 0 saturated heterocycles. The molecule has 0 bridgehead atoms. The molecule has 0 amide bonds. The number of aromatic carboxylic acids is 1. The van der Waals surface area contributed by atoms with Gasteiger partial charge in [0.1, 0.15) is 10.7 Å². The summed E-state index contributed by atoms with van der Waals surface area (Å²) in [6.07, 6.45) is 0. The van der Waals surface area contributed by atoms with E-state index in [1.807, 2.05) is 0 Å². The number of aromatic nitrogens is 2. The largest absolute Gasteiger partial charge is 0.476 e. The first-order valence-corrected chi connectivity index (χ1v) is 7.66. The molecular weight excluding hydrogens is 306 g/mol. The van der Waals surface area contributed by atoms with E-state index in [-0.39, 0.29) is 11.4 Å². The molecule has 0 aromatic carbocycles. The van der Waals surface area contributed by atoms with Gasteiger partial charge in [0.2, 0.25) is 10.0 Å². The van der Waals surface area contributed by atoms with Crippen molar-refractivity contribution in [1.29, 1.82) is 0 Å². The van der Waals surface area contributed by atoms with E-state index in [0.29, 0.717) is 11.5 Å². The number of carboxylic acids is 1. The highest BCUT2D eigenvalue weighted by Gasteiger charge is 2.29. The zero-order valence-corrected chi connectivity index (χ0v) is 12.2. The molecule has 0 saturated carbocycles. The van der Waals surface area contributed by atoms with Crippen LogP contribution in [0.3, 0.4) is 0 Å². The van der Waals surface area contributed by atoms with Crippen molar-refractivity contribution in [2.45, 2.75) is 18.4 Å². The molecule has 0 fully saturated rings. The number of nitrogens with zero attached hydrogens (tertiary/aromatic N) is 3. The summed E-state index contributed by atoms with van der Waals surface area (Å²) in [7, 11) is -2.61. The van der Waals surface area contributed by atoms with Gasteiger partial charge in [-0.05, 0) is 18.5 Å². The molecule has 0 unspecified atom stereocenters. The summed E-state index contributed by atoms with van der Waals surface area (Å²) in [5.41, 5.74) is -0.0353. The minimum Gasteiger partial charge on any atom is -0.476 e. The monoisotopic (exact) mass is 317 g/mol. The number of aryl methyl sites for hydroxylation is 1. The van der Waals surface area contributed by atoms with E-state index in [2.05, 4.69) is 9.53 Å². The first-order valence-electron chi connectivity index (χ1n) is 5.38. The van der Waals surface area contributed by atoms with Crippen molar-refractivity contribution in [3.8, 4) is 0 Å². The van der Waals surface area contributed by atoms with Crippen LogP contribution in [0.1, 0.15) is 21.9 Å². The lowest BCUT2D eigenvalue weighted by Gasteiger charge is -2.14. The second kappa shape index (κ2) is 5.31. The zero-order chi connectivity index (χ0) is 14.9. The molecule has 108 valence electrons. The number of carbonyl (C=O) groups is 1. The van der Waals surface area contributed by atoms with Gasteiger partial charge in [-0.25, -0.2) is 13.2 Å². The van der Waals surface area contributed by atoms with E-state index in [9.17, 15) is 13.2 Å². The van der Waals surface area contributed by atoms with E-state index in [4.69, 9.17) is 9.63 Å². The fraction of sp³-hybridized carbons (Fsp3) is 0.300. The van der Waals surface area contributed by atoms with Crippen molar-refractivity contribution in [3.63, 3.8) is 0 Å². The van der Waals surface area contributed by atoms with Crippen molar-refractivity contribution in [3.05, 3.63) is 28.6 Å². The number of rotatable bonds is 5. The summed E-state index contributed by atoms with van der Waals surface area (Å²) in [5.74, 6) is -0.815. The number of hydrogen-bond acceptors (Lipinski definition) is 7. The highest BCUT2D eigenvalue weighted by Crippen LogP contribution is 2.22. The molecule has 2 heterocycles. The second-order valence-electron chi connectivity index (χ2n) is 4.02. The Hall–Kier alpha value is -1.78. The summed E-state index contributed by atoms with van der Waals surface area (Å²) < 4.78 is 34.0. The van der Waals surface area contributed by atoms with Gasteiger partial charge in [-0.2, -0.15) is 8.68 Å². The fourth-order valence-electron chi connectivity index (χ4n) is 1.53. The molecule has 2 rings (SSSR count). The van der Waals surface area contributed by atoms with E-state index in [1.165, 1.54) is 12.4 Å². The predicted molar refractivity (Wildman–Crippen MR) is 69.0 cm³/mol. The van der Waals surface area contributed by atoms with Gasteiger partial charge in [-0.15, -0.1) is 0 Å². The molecule has 0 aliphatic heterocycles. The Bertz CT molecular complexity index is 734. The van der Waals surface area contributed by atoms with Crippen LogP contribution in [0.5, 0.6) is 0 Å². The molecule has 8 nitrogen and oxygen atoms in total. The fourth-order valence-corrected chi connectivity index (χ4v) is 3.76. The van der Waals surface area contributed by atoms with Gasteiger partial charge in [0, 0.05) is 18.5 Å². The third-order valence-corrected chi connectivity index (χ3v) is 5.08. The van der Waals surface area contributed by atoms with Gasteiger partial charge in [0.15, 0.2) is 5.69 Å². The lowest BCUT2D eigenvalue weighted by atomic mass is 10.4. The molecular formula is C10H11N3O5S2. The van der Waals surface area contributed by atoms with Crippen LogP contribution < -0.4 is 0 Å². The summed E-state index contributed by atoms with van der Waals surface area (Å²) in [4.78, 5) is 10.6. The number of carboxylic acid groups (broad SMARTS) is 1. The maximum absolute atomic E-state index is 12.3. The minimum absolute atomic E-state index is 0.0193. The third kappa shape index (κ3) is 2.71. The molecule has 10 heteroatoms. The first kappa shape index (κ1) is 14.6. The maximum Gasteiger partial charge on any atom is 0.357 e. The molecule has 0 aliphatic rings. The van der Waals surface area contributed by atoms with E-state index in [0.717, 1.165) is 15.8 Å². The number of sulfonamides is 1. The van der Waals surface area contributed by atoms with E-state index >= 15 is 0 Å². The average Bonchev–Trinajstić information content (AvgIpc) is 2.98. The molecule has 0 radical (unpaired) electrons. The van der Waals surface area contributed by atoms with Gasteiger partial charge >= 0.3 is 5.97 Å². The van der Waals surface area contributed by atoms with Crippen molar-refractivity contribution in [2.24, 2.45) is 0 Å². The summed E-state index contributed by atoms with van der Waals surface area (Å²) in [6, 6.07) is 1.61. The van der Waals surface area contributed by atoms with Crippen molar-refractivity contribution in [1.82, 2.24) is 13.8 Å². The normalized spacial score (nSPS) is 11.9. The van der Waals surface area contributed by atoms with Crippen molar-refractivity contribution in [2.75, 3.05) is 7.05 Å². The predicted octanol–water partition coefficient (Wildman–Crippen LogP) is 0.958. The molecule has 0 aliphatic carbocycles. The zero-order valence-electron chi connectivity index (χ0n) is 10.6. The minimum atomic E-state index is -3.94. The quantitative estimate of drug-likeness (QED) is 0.873. The Kier molecular flexibility index (Phi) is 3.88. The van der Waals surface area contributed by atoms with Crippen LogP contribution in [0.4, 0.5) is 0 Å². The Balaban J connectivity index is 2.30. The Labute approximate surface area is 118 Å². The molecule has 2 aromatic rings. The Morgan fingerprint density at radius 1 is 1.55 bits per heavy atom. The van der Waals surface area contributed by atoms with Gasteiger partial charge < -0.3 is 9.63 Å². The van der Waals surface area contributed by atoms with Gasteiger partial charge in [-0.3, -0.25) is 0 Å². The summed E-state index contributed by atoms with van der Waals surface area (Å²) in [6.45, 7) is 1.67. The molecule has 20 heavy (non-hydrogen) atoms. The smallest absolute Gasteiger partial charge is 0.357 e. The molecule has 1 N–H and O–H groups in total. The molecule has 2 aromatic heterocycles. The Morgan fingerprint density at radius 2 is 2.25 bits per heavy atom. The van der Waals surface area contributed by atoms with Gasteiger partial charge in [0.25, 0.3) is 0 Å². The van der Waals surface area contributed by atoms with Crippen molar-refractivity contribution < 1.29 is 22.8 Å². The third-order valence-electron chi connectivity index (χ3n) is 2.49. The highest BCUT2D eigenvalue weighted by atomic mass is 32.2. The lowest BCUT2D eigenvalue weighted by molar-refractivity contribution is 0.0687. The van der Waals surface area contributed by atoms with Crippen LogP contribution >= 0.6 is 11.5 Å². The summed E-state index contributed by atoms with van der Waals surface area (Å²) in [5, 5.41) is 13.8. The standard InChI is InChI=1S/C10H11N3O5S2/c1-6-3-7(11-18-6)4-13(2)20(16,17)8-5-19-12-9(8)10(14)15/h3,5H,4H2,1-2H3,(H,14,15). The van der Waals surface area contributed by atoms with Crippen molar-refractivity contribution >= 4 is 27.5 Å². The Morgan fingerprint density at radius 3 is 2.80 bits per heavy atom. The SMILES string of the molecule is Cc1cc(CN(C)S(=O)(=O)c2csnc2C(=O)O)no1. The second-order valence-corrected chi connectivity index (χ2v) is 6.66. The van der Waals surface area contributed by atoms with Crippen LogP contribution in [0, 0.1) is 6.92 Å². The van der Waals surface area contributed by atoms with E-state index < -0.39 is 21.7 Å². The van der Waals surface area contributed by atoms with Crippen LogP contribution in [0.25, 0.3) is 0 Å². The lowest BCUT2D eigenvalue weighted by Crippen LogP contribution is -2.27. The topological polar surface area (TPSA) is 114 Å². The first-order chi connectivity index (χ1) is 9.32. The maximum atomic E-state index is 12.3. The van der Waals surface area contributed by atoms with Crippen LogP contribution in [-0.2, 0) is 16.6 Å². The molecule has 0 spiro atoms. The molecule has 0 atom stereocenters. The van der Waals surface area contributed by atoms with Crippen LogP contribution in [0.15, 0.2) is 20.9 Å². The number of hydrogen-bond donors (Lipinski definition) is 1. The van der Waals surface area contributed by atoms with E-state index in [1.54, 1.807) is 13.0 Å². The average molecular weight is 317 g/mol. The van der Waals surface area contributed by atoms with Crippen LogP contribution in [0.2, 0.25) is 0 Å².